The highest BCUT2D eigenvalue weighted by Crippen LogP contribution is 2.14. The van der Waals surface area contributed by atoms with Gasteiger partial charge in [-0.25, -0.2) is 0 Å². The Morgan fingerprint density at radius 2 is 1.38 bits per heavy atom. The van der Waals surface area contributed by atoms with Gasteiger partial charge in [0.15, 0.2) is 0 Å². The first kappa shape index (κ1) is 24.7. The zero-order valence-electron chi connectivity index (χ0n) is 17.7. The lowest BCUT2D eigenvalue weighted by Crippen LogP contribution is -2.41. The smallest absolute Gasteiger partial charge is 0.232 e. The summed E-state index contributed by atoms with van der Waals surface area (Å²) in [5.74, 6) is -0.808. The molecule has 1 unspecified atom stereocenters. The number of carbonyl (C=O) groups excluding carboxylic acids is 2. The van der Waals surface area contributed by atoms with Gasteiger partial charge in [0.1, 0.15) is 5.92 Å². The fraction of sp³-hybridized carbons (Fsp3) is 0.818. The van der Waals surface area contributed by atoms with Gasteiger partial charge in [-0.1, -0.05) is 76.4 Å². The van der Waals surface area contributed by atoms with Crippen molar-refractivity contribution in [3.05, 3.63) is 11.6 Å². The lowest BCUT2D eigenvalue weighted by atomic mass is 9.98. The lowest BCUT2D eigenvalue weighted by Gasteiger charge is -2.16. The number of nitrogens with one attached hydrogen (secondary N) is 2. The Kier molecular flexibility index (Phi) is 16.2. The number of hydrogen-bond donors (Lipinski definition) is 2. The van der Waals surface area contributed by atoms with Gasteiger partial charge in [0.25, 0.3) is 0 Å². The normalized spacial score (nSPS) is 12.7. The molecule has 0 rings (SSSR count). The molecule has 2 N–H and O–H groups in total. The number of unbranched alkanes of at least 4 members (excludes halogenated alkanes) is 8. The van der Waals surface area contributed by atoms with Crippen LogP contribution in [0.3, 0.4) is 0 Å². The summed E-state index contributed by atoms with van der Waals surface area (Å²) in [5, 5.41) is 5.73. The minimum atomic E-state index is -0.551. The summed E-state index contributed by atoms with van der Waals surface area (Å²) >= 11 is 0. The summed E-state index contributed by atoms with van der Waals surface area (Å²) in [4.78, 5) is 24.6. The van der Waals surface area contributed by atoms with E-state index in [0.717, 1.165) is 19.3 Å². The molecular weight excluding hydrogens is 324 g/mol. The number of amides is 2. The van der Waals surface area contributed by atoms with Crippen LogP contribution in [0.4, 0.5) is 0 Å². The molecular formula is C22H42N2O2. The van der Waals surface area contributed by atoms with Crippen molar-refractivity contribution >= 4 is 11.8 Å². The molecule has 0 saturated carbocycles. The lowest BCUT2D eigenvalue weighted by molar-refractivity contribution is -0.135. The number of rotatable bonds is 16. The molecule has 0 heterocycles. The zero-order valence-corrected chi connectivity index (χ0v) is 17.7. The van der Waals surface area contributed by atoms with E-state index in [-0.39, 0.29) is 11.8 Å². The first-order valence-electron chi connectivity index (χ1n) is 10.7. The molecule has 0 aliphatic carbocycles. The highest BCUT2D eigenvalue weighted by atomic mass is 16.2. The Labute approximate surface area is 161 Å². The highest BCUT2D eigenvalue weighted by Gasteiger charge is 2.25. The molecule has 4 nitrogen and oxygen atoms in total. The quantitative estimate of drug-likeness (QED) is 0.226. The average molecular weight is 367 g/mol. The van der Waals surface area contributed by atoms with E-state index < -0.39 is 5.92 Å². The van der Waals surface area contributed by atoms with E-state index in [1.807, 2.05) is 13.8 Å². The largest absolute Gasteiger partial charge is 0.356 e. The minimum absolute atomic E-state index is 0.126. The van der Waals surface area contributed by atoms with Crippen molar-refractivity contribution < 1.29 is 9.59 Å². The van der Waals surface area contributed by atoms with Crippen molar-refractivity contribution in [2.45, 2.75) is 98.3 Å². The molecule has 0 aromatic rings. The Bertz CT molecular complexity index is 405. The zero-order chi connectivity index (χ0) is 19.6. The van der Waals surface area contributed by atoms with Gasteiger partial charge in [0.2, 0.25) is 11.8 Å². The molecule has 0 aromatic carbocycles. The third-order valence-corrected chi connectivity index (χ3v) is 4.89. The van der Waals surface area contributed by atoms with Crippen LogP contribution in [0, 0.1) is 5.92 Å². The van der Waals surface area contributed by atoms with Crippen molar-refractivity contribution in [3.8, 4) is 0 Å². The third kappa shape index (κ3) is 13.0. The van der Waals surface area contributed by atoms with Crippen LogP contribution in [0.2, 0.25) is 0 Å². The van der Waals surface area contributed by atoms with Crippen LogP contribution in [-0.4, -0.2) is 24.9 Å². The summed E-state index contributed by atoms with van der Waals surface area (Å²) in [5.41, 5.74) is 1.25. The third-order valence-electron chi connectivity index (χ3n) is 4.89. The molecule has 0 bridgehead atoms. The van der Waals surface area contributed by atoms with Gasteiger partial charge in [0.05, 0.1) is 0 Å². The Morgan fingerprint density at radius 3 is 1.92 bits per heavy atom. The van der Waals surface area contributed by atoms with Crippen LogP contribution in [-0.2, 0) is 9.59 Å². The van der Waals surface area contributed by atoms with Crippen LogP contribution in [0.15, 0.2) is 11.6 Å². The van der Waals surface area contributed by atoms with Gasteiger partial charge < -0.3 is 10.6 Å². The second-order valence-electron chi connectivity index (χ2n) is 7.24. The fourth-order valence-corrected chi connectivity index (χ4v) is 2.99. The first-order chi connectivity index (χ1) is 12.6. The van der Waals surface area contributed by atoms with Crippen molar-refractivity contribution in [3.63, 3.8) is 0 Å². The summed E-state index contributed by atoms with van der Waals surface area (Å²) in [6, 6.07) is 0. The van der Waals surface area contributed by atoms with E-state index in [2.05, 4.69) is 30.6 Å². The molecule has 0 fully saturated rings. The van der Waals surface area contributed by atoms with Gasteiger partial charge >= 0.3 is 0 Å². The number of carbonyl (C=O) groups is 2. The predicted molar refractivity (Wildman–Crippen MR) is 111 cm³/mol. The maximum absolute atomic E-state index is 12.4. The molecule has 152 valence electrons. The molecule has 0 saturated heterocycles. The topological polar surface area (TPSA) is 58.2 Å². The predicted octanol–water partition coefficient (Wildman–Crippen LogP) is 5.13. The minimum Gasteiger partial charge on any atom is -0.356 e. The Morgan fingerprint density at radius 1 is 0.846 bits per heavy atom. The molecule has 2 amide bonds. The second kappa shape index (κ2) is 17.1. The fourth-order valence-electron chi connectivity index (χ4n) is 2.99. The average Bonchev–Trinajstić information content (AvgIpc) is 2.63. The first-order valence-corrected chi connectivity index (χ1v) is 10.7. The van der Waals surface area contributed by atoms with E-state index in [4.69, 9.17) is 0 Å². The van der Waals surface area contributed by atoms with E-state index >= 15 is 0 Å². The highest BCUT2D eigenvalue weighted by molar-refractivity contribution is 6.00. The van der Waals surface area contributed by atoms with E-state index in [1.54, 1.807) is 0 Å². The van der Waals surface area contributed by atoms with Gasteiger partial charge in [-0.15, -0.1) is 0 Å². The molecule has 4 heteroatoms. The van der Waals surface area contributed by atoms with Gasteiger partial charge in [-0.05, 0) is 33.6 Å². The molecule has 0 aliphatic heterocycles. The van der Waals surface area contributed by atoms with Crippen LogP contribution in [0.1, 0.15) is 98.3 Å². The summed E-state index contributed by atoms with van der Waals surface area (Å²) in [7, 11) is 0. The van der Waals surface area contributed by atoms with Crippen molar-refractivity contribution in [1.82, 2.24) is 10.6 Å². The van der Waals surface area contributed by atoms with Gasteiger partial charge in [-0.3, -0.25) is 9.59 Å². The van der Waals surface area contributed by atoms with Crippen molar-refractivity contribution in [2.24, 2.45) is 5.92 Å². The molecule has 0 radical (unpaired) electrons. The van der Waals surface area contributed by atoms with Crippen LogP contribution >= 0.6 is 0 Å². The van der Waals surface area contributed by atoms with E-state index in [9.17, 15) is 9.59 Å². The summed E-state index contributed by atoms with van der Waals surface area (Å²) < 4.78 is 0. The summed E-state index contributed by atoms with van der Waals surface area (Å²) in [6.45, 7) is 9.35. The molecule has 0 spiro atoms. The number of allylic oxidation sites excluding steroid dienone is 1. The van der Waals surface area contributed by atoms with Gasteiger partial charge in [0, 0.05) is 13.1 Å². The summed E-state index contributed by atoms with van der Waals surface area (Å²) in [6.07, 6.45) is 14.7. The Balaban J connectivity index is 4.11. The van der Waals surface area contributed by atoms with Crippen molar-refractivity contribution in [1.29, 1.82) is 0 Å². The maximum Gasteiger partial charge on any atom is 0.232 e. The molecule has 0 aliphatic rings. The molecule has 0 aromatic heterocycles. The van der Waals surface area contributed by atoms with Crippen LogP contribution in [0.25, 0.3) is 0 Å². The van der Waals surface area contributed by atoms with Gasteiger partial charge in [-0.2, -0.15) is 0 Å². The van der Waals surface area contributed by atoms with E-state index in [0.29, 0.717) is 19.5 Å². The second-order valence-corrected chi connectivity index (χ2v) is 7.24. The van der Waals surface area contributed by atoms with Crippen molar-refractivity contribution in [2.75, 3.05) is 13.1 Å². The van der Waals surface area contributed by atoms with Crippen LogP contribution in [0.5, 0.6) is 0 Å². The molecule has 26 heavy (non-hydrogen) atoms. The van der Waals surface area contributed by atoms with Crippen LogP contribution < -0.4 is 10.6 Å². The number of hydrogen-bond acceptors (Lipinski definition) is 2. The standard InChI is InChI=1S/C22H42N2O2/c1-5-8-9-10-11-12-13-14-15-16-20(21(25)23-7-3)22(26)24-18-17-19(4)6-2/h6,20H,5,7-18H2,1-4H3,(H,23,25)(H,24,26). The SMILES string of the molecule is CC=C(C)CCNC(=O)C(CCCCCCCCCCC)C(=O)NCC. The molecule has 1 atom stereocenters. The maximum atomic E-state index is 12.4. The Hall–Kier alpha value is -1.32. The van der Waals surface area contributed by atoms with E-state index in [1.165, 1.54) is 50.5 Å². The monoisotopic (exact) mass is 366 g/mol.